The van der Waals surface area contributed by atoms with Gasteiger partial charge in [-0.3, -0.25) is 23.7 Å². The average Bonchev–Trinajstić information content (AvgIpc) is 3.30. The van der Waals surface area contributed by atoms with Crippen molar-refractivity contribution in [2.24, 2.45) is 41.4 Å². The van der Waals surface area contributed by atoms with Gasteiger partial charge >= 0.3 is 5.97 Å². The van der Waals surface area contributed by atoms with Crippen molar-refractivity contribution in [2.75, 3.05) is 41.2 Å². The lowest BCUT2D eigenvalue weighted by molar-refractivity contribution is -0.265. The number of esters is 1. The molecule has 15 heteroatoms. The highest BCUT2D eigenvalue weighted by Gasteiger charge is 2.53. The number of cyclic esters (lactones) is 1. The van der Waals surface area contributed by atoms with Crippen LogP contribution in [0, 0.1) is 41.4 Å². The SMILES string of the molecule is CO[C@H]1C[C@@H]2CC[C@@H](C)[C@@](O)(O2)C(=O)C(=O)N2CCCCC2C(=O)O[C@H]([C@H](C)C[C@@H]2CC[C@@H](OP(C)(C)=O)[C@H](OC)C2)CC(=O)[C@H](C)/C=C(\C)[C@@H](C)[C@@H](OC)C(=O)[C@H](C)C[C@H](C)/C=C/C=CC=C1C. The third-order valence-electron chi connectivity index (χ3n) is 15.3. The first-order chi connectivity index (χ1) is 32.4. The number of fused-ring (bicyclic) bond motifs is 3. The highest BCUT2D eigenvalue weighted by molar-refractivity contribution is 7.57. The van der Waals surface area contributed by atoms with Crippen molar-refractivity contribution in [1.82, 2.24) is 4.90 Å². The summed E-state index contributed by atoms with van der Waals surface area (Å²) in [6, 6.07) is -1.12. The molecule has 0 spiro atoms. The zero-order valence-corrected chi connectivity index (χ0v) is 44.9. The monoisotopic (exact) mass is 988 g/mol. The molecule has 2 bridgehead atoms. The van der Waals surface area contributed by atoms with Crippen LogP contribution >= 0.6 is 7.37 Å². The number of methoxy groups -OCH3 is 3. The molecule has 0 aromatic heterocycles. The van der Waals surface area contributed by atoms with Gasteiger partial charge in [0.15, 0.2) is 13.2 Å². The minimum atomic E-state index is -2.77. The number of ketones is 3. The molecule has 0 radical (unpaired) electrons. The van der Waals surface area contributed by atoms with E-state index >= 15 is 0 Å². The molecular formula is C54H86NO13P. The van der Waals surface area contributed by atoms with E-state index in [1.165, 1.54) is 12.0 Å². The van der Waals surface area contributed by atoms with Crippen molar-refractivity contribution < 1.29 is 61.9 Å². The molecule has 14 nitrogen and oxygen atoms in total. The smallest absolute Gasteiger partial charge is 0.329 e. The number of Topliss-reactive ketones (excluding diaryl/α,β-unsaturated/α-hetero) is 3. The molecule has 2 saturated heterocycles. The first kappa shape index (κ1) is 58.5. The van der Waals surface area contributed by atoms with E-state index < -0.39 is 73.1 Å². The van der Waals surface area contributed by atoms with Crippen LogP contribution in [0.4, 0.5) is 0 Å². The van der Waals surface area contributed by atoms with Crippen LogP contribution in [0.1, 0.15) is 132 Å². The second kappa shape index (κ2) is 26.6. The standard InChI is InChI=1S/C54H86NO13P/c1-33-19-15-14-16-20-34(2)46(63-9)31-42-24-22-39(7)54(61,67-42)51(58)52(59)55-26-18-17-21-43(55)53(60)66-47(37(5)29-41-23-25-45(48(30-41)64-10)68-69(12,13)62)32-44(56)36(4)28-35(3)40(8)50(65-11)49(57)38(6)27-33/h14-16,19-20,28,33,36-43,45-48,50,61H,17-18,21-27,29-32H2,1-13H3/b16-14?,19-15+,34-20?,35-28+/t33-,36-,37-,38-,39-,40-,41+,42+,43?,45-,46+,47+,48-,50-,54-/m1/s1. The zero-order chi connectivity index (χ0) is 51.4. The highest BCUT2D eigenvalue weighted by Crippen LogP contribution is 2.45. The summed E-state index contributed by atoms with van der Waals surface area (Å²) in [4.78, 5) is 72.6. The van der Waals surface area contributed by atoms with Gasteiger partial charge in [0, 0.05) is 77.7 Å². The molecule has 390 valence electrons. The Morgan fingerprint density at radius 1 is 0.841 bits per heavy atom. The number of ether oxygens (including phenoxy) is 5. The summed E-state index contributed by atoms with van der Waals surface area (Å²) in [5, 5.41) is 12.0. The minimum Gasteiger partial charge on any atom is -0.460 e. The second-order valence-corrected chi connectivity index (χ2v) is 24.0. The summed E-state index contributed by atoms with van der Waals surface area (Å²) < 4.78 is 48.6. The molecule has 1 saturated carbocycles. The Morgan fingerprint density at radius 3 is 2.20 bits per heavy atom. The Bertz CT molecular complexity index is 1940. The Morgan fingerprint density at radius 2 is 1.55 bits per heavy atom. The fourth-order valence-electron chi connectivity index (χ4n) is 10.8. The second-order valence-electron chi connectivity index (χ2n) is 21.3. The first-order valence-electron chi connectivity index (χ1n) is 25.5. The quantitative estimate of drug-likeness (QED) is 0.105. The van der Waals surface area contributed by atoms with Crippen LogP contribution in [0.2, 0.25) is 0 Å². The largest absolute Gasteiger partial charge is 0.460 e. The third-order valence-corrected chi connectivity index (χ3v) is 16.0. The number of carbonyl (C=O) groups is 5. The number of amides is 1. The summed E-state index contributed by atoms with van der Waals surface area (Å²) in [5.74, 6) is -7.47. The van der Waals surface area contributed by atoms with E-state index in [1.54, 1.807) is 41.4 Å². The van der Waals surface area contributed by atoms with Gasteiger partial charge in [0.2, 0.25) is 5.79 Å². The summed E-state index contributed by atoms with van der Waals surface area (Å²) >= 11 is 0. The summed E-state index contributed by atoms with van der Waals surface area (Å²) in [6.07, 6.45) is 14.2. The molecule has 1 unspecified atom stereocenters. The Kier molecular flexibility index (Phi) is 22.5. The molecule has 3 heterocycles. The topological polar surface area (TPSA) is 181 Å². The van der Waals surface area contributed by atoms with Gasteiger partial charge in [-0.2, -0.15) is 0 Å². The zero-order valence-electron chi connectivity index (χ0n) is 44.0. The molecule has 4 rings (SSSR count). The van der Waals surface area contributed by atoms with Crippen molar-refractivity contribution in [3.63, 3.8) is 0 Å². The number of aliphatic hydroxyl groups is 1. The van der Waals surface area contributed by atoms with E-state index in [2.05, 4.69) is 13.0 Å². The van der Waals surface area contributed by atoms with Crippen LogP contribution in [-0.4, -0.2) is 129 Å². The molecule has 1 amide bonds. The van der Waals surface area contributed by atoms with Crippen LogP contribution < -0.4 is 0 Å². The van der Waals surface area contributed by atoms with Gasteiger partial charge in [-0.15, -0.1) is 0 Å². The number of carbonyl (C=O) groups excluding carboxylic acids is 5. The van der Waals surface area contributed by atoms with Crippen molar-refractivity contribution in [1.29, 1.82) is 0 Å². The lowest BCUT2D eigenvalue weighted by Crippen LogP contribution is -2.61. The number of hydrogen-bond donors (Lipinski definition) is 1. The molecule has 4 aliphatic rings. The number of nitrogens with zero attached hydrogens (tertiary/aromatic N) is 1. The molecule has 3 aliphatic heterocycles. The predicted molar refractivity (Wildman–Crippen MR) is 267 cm³/mol. The fraction of sp³-hybridized carbons (Fsp3) is 0.759. The van der Waals surface area contributed by atoms with Crippen LogP contribution in [0.3, 0.4) is 0 Å². The molecule has 15 atom stereocenters. The minimum absolute atomic E-state index is 0.0112. The van der Waals surface area contributed by atoms with Gasteiger partial charge in [0.1, 0.15) is 24.0 Å². The average molecular weight is 988 g/mol. The molecule has 0 aromatic rings. The van der Waals surface area contributed by atoms with E-state index in [0.29, 0.717) is 57.8 Å². The molecule has 1 N–H and O–H groups in total. The first-order valence-corrected chi connectivity index (χ1v) is 28.0. The van der Waals surface area contributed by atoms with E-state index in [4.69, 9.17) is 28.2 Å². The molecule has 0 aromatic carbocycles. The lowest BCUT2D eigenvalue weighted by Gasteiger charge is -2.42. The number of piperidine rings is 1. The number of hydrogen-bond acceptors (Lipinski definition) is 13. The van der Waals surface area contributed by atoms with Crippen molar-refractivity contribution >= 4 is 36.6 Å². The predicted octanol–water partition coefficient (Wildman–Crippen LogP) is 9.02. The summed E-state index contributed by atoms with van der Waals surface area (Å²) in [5.41, 5.74) is 1.72. The Labute approximate surface area is 413 Å². The van der Waals surface area contributed by atoms with Gasteiger partial charge in [-0.1, -0.05) is 83.6 Å². The van der Waals surface area contributed by atoms with Crippen molar-refractivity contribution in [3.8, 4) is 0 Å². The van der Waals surface area contributed by atoms with Crippen LogP contribution in [0.25, 0.3) is 0 Å². The van der Waals surface area contributed by atoms with E-state index in [-0.39, 0.29) is 72.8 Å². The van der Waals surface area contributed by atoms with Crippen LogP contribution in [0.15, 0.2) is 47.6 Å². The summed E-state index contributed by atoms with van der Waals surface area (Å²) in [6.45, 7) is 18.5. The van der Waals surface area contributed by atoms with E-state index in [9.17, 15) is 33.6 Å². The maximum absolute atomic E-state index is 14.5. The molecule has 69 heavy (non-hydrogen) atoms. The van der Waals surface area contributed by atoms with Gasteiger partial charge in [0.05, 0.1) is 24.4 Å². The van der Waals surface area contributed by atoms with Gasteiger partial charge in [-0.25, -0.2) is 4.79 Å². The van der Waals surface area contributed by atoms with E-state index in [0.717, 1.165) is 17.6 Å². The Balaban J connectivity index is 1.70. The van der Waals surface area contributed by atoms with Gasteiger partial charge in [-0.05, 0) is 101 Å². The number of allylic oxidation sites excluding steroid dienone is 6. The molecular weight excluding hydrogens is 902 g/mol. The van der Waals surface area contributed by atoms with E-state index in [1.807, 2.05) is 65.0 Å². The highest BCUT2D eigenvalue weighted by atomic mass is 31.2. The molecule has 1 aliphatic carbocycles. The maximum atomic E-state index is 14.5. The van der Waals surface area contributed by atoms with Crippen molar-refractivity contribution in [2.45, 2.75) is 181 Å². The van der Waals surface area contributed by atoms with Crippen LogP contribution in [0.5, 0.6) is 0 Å². The van der Waals surface area contributed by atoms with Crippen molar-refractivity contribution in [3.05, 3.63) is 47.6 Å². The summed E-state index contributed by atoms with van der Waals surface area (Å²) in [7, 11) is 1.97. The lowest BCUT2D eigenvalue weighted by atomic mass is 9.78. The molecule has 3 fully saturated rings. The third kappa shape index (κ3) is 16.2. The van der Waals surface area contributed by atoms with Gasteiger partial charge in [0.25, 0.3) is 11.7 Å². The van der Waals surface area contributed by atoms with Gasteiger partial charge < -0.3 is 38.2 Å². The normalized spacial score (nSPS) is 37.8. The Hall–Kier alpha value is -3.10. The number of rotatable bonds is 8. The fourth-order valence-corrected chi connectivity index (χ4v) is 11.7. The maximum Gasteiger partial charge on any atom is 0.329 e. The van der Waals surface area contributed by atoms with Crippen LogP contribution in [-0.2, 0) is 56.7 Å².